The molecule has 1 saturated heterocycles. The summed E-state index contributed by atoms with van der Waals surface area (Å²) in [5, 5.41) is 3.54. The molecule has 0 aliphatic carbocycles. The van der Waals surface area contributed by atoms with E-state index in [4.69, 9.17) is 0 Å². The lowest BCUT2D eigenvalue weighted by Gasteiger charge is -2.23. The first-order valence-corrected chi connectivity index (χ1v) is 7.26. The summed E-state index contributed by atoms with van der Waals surface area (Å²) in [4.78, 5) is 6.99. The van der Waals surface area contributed by atoms with E-state index in [1.807, 2.05) is 6.20 Å². The minimum atomic E-state index is 0.641. The van der Waals surface area contributed by atoms with Crippen molar-refractivity contribution in [3.8, 4) is 0 Å². The lowest BCUT2D eigenvalue weighted by molar-refractivity contribution is 0.251. The first kappa shape index (κ1) is 13.6. The average molecular weight is 250 g/mol. The van der Waals surface area contributed by atoms with Crippen molar-refractivity contribution in [3.63, 3.8) is 0 Å². The van der Waals surface area contributed by atoms with Crippen LogP contribution in [-0.4, -0.2) is 40.1 Å². The van der Waals surface area contributed by atoms with Gasteiger partial charge in [-0.25, -0.2) is 4.98 Å². The number of imidazole rings is 1. The number of hydrogen-bond donors (Lipinski definition) is 1. The quantitative estimate of drug-likeness (QED) is 0.802. The highest BCUT2D eigenvalue weighted by Gasteiger charge is 2.17. The predicted octanol–water partition coefficient (Wildman–Crippen LogP) is 1.87. The molecule has 102 valence electrons. The molecule has 2 heterocycles. The normalized spacial score (nSPS) is 18.3. The van der Waals surface area contributed by atoms with Crippen molar-refractivity contribution < 1.29 is 0 Å². The predicted molar refractivity (Wildman–Crippen MR) is 74.5 cm³/mol. The monoisotopic (exact) mass is 250 g/mol. The van der Waals surface area contributed by atoms with Gasteiger partial charge < -0.3 is 9.88 Å². The van der Waals surface area contributed by atoms with Crippen LogP contribution in [0.2, 0.25) is 0 Å². The van der Waals surface area contributed by atoms with Crippen LogP contribution in [0, 0.1) is 0 Å². The van der Waals surface area contributed by atoms with Gasteiger partial charge in [-0.15, -0.1) is 0 Å². The van der Waals surface area contributed by atoms with Gasteiger partial charge >= 0.3 is 0 Å². The second-order valence-corrected chi connectivity index (χ2v) is 5.26. The highest BCUT2D eigenvalue weighted by atomic mass is 15.2. The van der Waals surface area contributed by atoms with E-state index in [9.17, 15) is 0 Å². The molecule has 0 spiro atoms. The maximum atomic E-state index is 4.42. The summed E-state index contributed by atoms with van der Waals surface area (Å²) in [5.41, 5.74) is 0. The van der Waals surface area contributed by atoms with Crippen LogP contribution in [0.4, 0.5) is 0 Å². The van der Waals surface area contributed by atoms with Gasteiger partial charge in [-0.05, 0) is 39.3 Å². The van der Waals surface area contributed by atoms with Crippen molar-refractivity contribution in [3.05, 3.63) is 18.2 Å². The molecule has 0 saturated carbocycles. The number of hydrogen-bond acceptors (Lipinski definition) is 3. The maximum Gasteiger partial charge on any atom is 0.122 e. The third-order valence-corrected chi connectivity index (χ3v) is 3.75. The zero-order valence-corrected chi connectivity index (χ0v) is 11.7. The summed E-state index contributed by atoms with van der Waals surface area (Å²) in [5.74, 6) is 1.16. The molecule has 1 atom stereocenters. The maximum absolute atomic E-state index is 4.42. The van der Waals surface area contributed by atoms with Gasteiger partial charge in [-0.3, -0.25) is 4.90 Å². The van der Waals surface area contributed by atoms with Crippen LogP contribution in [0.1, 0.15) is 38.9 Å². The van der Waals surface area contributed by atoms with Gasteiger partial charge in [0.05, 0.1) is 6.54 Å². The molecule has 0 aromatic carbocycles. The molecule has 2 rings (SSSR count). The molecule has 1 aliphatic heterocycles. The second-order valence-electron chi connectivity index (χ2n) is 5.26. The van der Waals surface area contributed by atoms with E-state index in [2.05, 4.69) is 39.8 Å². The SMILES string of the molecule is CCCn1ccnc1CNCC(C)N1CCCC1. The zero-order chi connectivity index (χ0) is 12.8. The summed E-state index contributed by atoms with van der Waals surface area (Å²) >= 11 is 0. The lowest BCUT2D eigenvalue weighted by atomic mass is 10.3. The Hall–Kier alpha value is -0.870. The van der Waals surface area contributed by atoms with Crippen molar-refractivity contribution in [2.75, 3.05) is 19.6 Å². The van der Waals surface area contributed by atoms with E-state index in [1.54, 1.807) is 0 Å². The molecule has 1 aliphatic rings. The first-order valence-electron chi connectivity index (χ1n) is 7.26. The summed E-state index contributed by atoms with van der Waals surface area (Å²) < 4.78 is 2.24. The number of aromatic nitrogens is 2. The van der Waals surface area contributed by atoms with Crippen molar-refractivity contribution in [1.82, 2.24) is 19.8 Å². The van der Waals surface area contributed by atoms with Gasteiger partial charge in [0, 0.05) is 31.5 Å². The fourth-order valence-electron chi connectivity index (χ4n) is 2.66. The van der Waals surface area contributed by atoms with Crippen molar-refractivity contribution in [2.24, 2.45) is 0 Å². The molecule has 4 nitrogen and oxygen atoms in total. The molecule has 1 N–H and O–H groups in total. The number of rotatable bonds is 7. The van der Waals surface area contributed by atoms with Gasteiger partial charge in [-0.1, -0.05) is 6.92 Å². The van der Waals surface area contributed by atoms with E-state index in [0.717, 1.165) is 31.9 Å². The fraction of sp³-hybridized carbons (Fsp3) is 0.786. The van der Waals surface area contributed by atoms with Crippen LogP contribution >= 0.6 is 0 Å². The van der Waals surface area contributed by atoms with Gasteiger partial charge in [-0.2, -0.15) is 0 Å². The first-order chi connectivity index (χ1) is 8.81. The van der Waals surface area contributed by atoms with Gasteiger partial charge in [0.25, 0.3) is 0 Å². The third-order valence-electron chi connectivity index (χ3n) is 3.75. The van der Waals surface area contributed by atoms with Crippen LogP contribution in [0.25, 0.3) is 0 Å². The van der Waals surface area contributed by atoms with Crippen molar-refractivity contribution in [2.45, 2.75) is 52.2 Å². The Morgan fingerprint density at radius 3 is 2.89 bits per heavy atom. The smallest absolute Gasteiger partial charge is 0.122 e. The standard InChI is InChI=1S/C14H26N4/c1-3-7-18-10-6-16-14(18)12-15-11-13(2)17-8-4-5-9-17/h6,10,13,15H,3-5,7-9,11-12H2,1-2H3. The minimum Gasteiger partial charge on any atom is -0.334 e. The Morgan fingerprint density at radius 1 is 1.39 bits per heavy atom. The zero-order valence-electron chi connectivity index (χ0n) is 11.7. The number of likely N-dealkylation sites (tertiary alicyclic amines) is 1. The molecule has 0 amide bonds. The molecule has 1 aromatic heterocycles. The second kappa shape index (κ2) is 6.90. The fourth-order valence-corrected chi connectivity index (χ4v) is 2.66. The van der Waals surface area contributed by atoms with E-state index >= 15 is 0 Å². The molecule has 0 bridgehead atoms. The number of nitrogens with zero attached hydrogens (tertiary/aromatic N) is 3. The minimum absolute atomic E-state index is 0.641. The molecular weight excluding hydrogens is 224 g/mol. The van der Waals surface area contributed by atoms with Crippen LogP contribution in [0.5, 0.6) is 0 Å². The number of nitrogens with one attached hydrogen (secondary N) is 1. The molecule has 1 fully saturated rings. The molecule has 1 unspecified atom stereocenters. The lowest BCUT2D eigenvalue weighted by Crippen LogP contribution is -2.38. The highest BCUT2D eigenvalue weighted by molar-refractivity contribution is 4.92. The van der Waals surface area contributed by atoms with Crippen LogP contribution in [0.3, 0.4) is 0 Å². The summed E-state index contributed by atoms with van der Waals surface area (Å²) in [6.07, 6.45) is 7.87. The van der Waals surface area contributed by atoms with Gasteiger partial charge in [0.2, 0.25) is 0 Å². The largest absolute Gasteiger partial charge is 0.334 e. The third kappa shape index (κ3) is 3.56. The van der Waals surface area contributed by atoms with Gasteiger partial charge in [0.1, 0.15) is 5.82 Å². The Morgan fingerprint density at radius 2 is 2.17 bits per heavy atom. The molecule has 18 heavy (non-hydrogen) atoms. The summed E-state index contributed by atoms with van der Waals surface area (Å²) in [7, 11) is 0. The molecular formula is C14H26N4. The Kier molecular flexibility index (Phi) is 5.20. The summed E-state index contributed by atoms with van der Waals surface area (Å²) in [6, 6.07) is 0.641. The van der Waals surface area contributed by atoms with E-state index in [1.165, 1.54) is 25.9 Å². The van der Waals surface area contributed by atoms with E-state index in [-0.39, 0.29) is 0 Å². The Balaban J connectivity index is 1.72. The summed E-state index contributed by atoms with van der Waals surface area (Å²) in [6.45, 7) is 10.1. The highest BCUT2D eigenvalue weighted by Crippen LogP contribution is 2.10. The van der Waals surface area contributed by atoms with Crippen LogP contribution in [0.15, 0.2) is 12.4 Å². The van der Waals surface area contributed by atoms with Gasteiger partial charge in [0.15, 0.2) is 0 Å². The Labute approximate surface area is 110 Å². The average Bonchev–Trinajstić information content (AvgIpc) is 3.01. The van der Waals surface area contributed by atoms with Crippen LogP contribution < -0.4 is 5.32 Å². The molecule has 4 heteroatoms. The Bertz CT molecular complexity index is 341. The van der Waals surface area contributed by atoms with E-state index < -0.39 is 0 Å². The number of aryl methyl sites for hydroxylation is 1. The van der Waals surface area contributed by atoms with E-state index in [0.29, 0.717) is 6.04 Å². The van der Waals surface area contributed by atoms with Crippen molar-refractivity contribution >= 4 is 0 Å². The van der Waals surface area contributed by atoms with Crippen LogP contribution in [-0.2, 0) is 13.1 Å². The van der Waals surface area contributed by atoms with Crippen molar-refractivity contribution in [1.29, 1.82) is 0 Å². The molecule has 1 aromatic rings. The topological polar surface area (TPSA) is 33.1 Å². The molecule has 0 radical (unpaired) electrons.